The van der Waals surface area contributed by atoms with E-state index in [1.807, 2.05) is 50.2 Å². The van der Waals surface area contributed by atoms with Crippen molar-refractivity contribution >= 4 is 29.1 Å². The summed E-state index contributed by atoms with van der Waals surface area (Å²) in [6.07, 6.45) is 0.186. The number of hydrogen-bond donors (Lipinski definition) is 1. The maximum absolute atomic E-state index is 12.7. The van der Waals surface area contributed by atoms with E-state index >= 15 is 0 Å². The fraction of sp³-hybridized carbons (Fsp3) is 0.333. The molecule has 2 amide bonds. The highest BCUT2D eigenvalue weighted by Gasteiger charge is 2.36. The van der Waals surface area contributed by atoms with Gasteiger partial charge in [-0.05, 0) is 49.2 Å². The summed E-state index contributed by atoms with van der Waals surface area (Å²) in [5.41, 5.74) is 2.67. The summed E-state index contributed by atoms with van der Waals surface area (Å²) in [4.78, 5) is 26.9. The minimum absolute atomic E-state index is 0.0746. The van der Waals surface area contributed by atoms with Crippen LogP contribution in [0.15, 0.2) is 42.5 Å². The average Bonchev–Trinajstić information content (AvgIpc) is 3.03. The highest BCUT2D eigenvalue weighted by molar-refractivity contribution is 6.30. The molecule has 1 aliphatic heterocycles. The number of benzene rings is 2. The van der Waals surface area contributed by atoms with E-state index in [1.165, 1.54) is 0 Å². The largest absolute Gasteiger partial charge is 0.495 e. The normalized spacial score (nSPS) is 17.7. The molecule has 3 rings (SSSR count). The summed E-state index contributed by atoms with van der Waals surface area (Å²) >= 11 is 6.02. The summed E-state index contributed by atoms with van der Waals surface area (Å²) in [6.45, 7) is 4.20. The number of halogens is 1. The Hall–Kier alpha value is -2.53. The molecule has 0 aromatic heterocycles. The first kappa shape index (κ1) is 19.2. The zero-order chi connectivity index (χ0) is 19.6. The van der Waals surface area contributed by atoms with Crippen LogP contribution >= 0.6 is 11.6 Å². The third kappa shape index (κ3) is 4.25. The summed E-state index contributed by atoms with van der Waals surface area (Å²) in [5, 5.41) is 3.62. The van der Waals surface area contributed by atoms with Crippen molar-refractivity contribution in [1.82, 2.24) is 5.32 Å². The van der Waals surface area contributed by atoms with Crippen molar-refractivity contribution in [2.75, 3.05) is 18.6 Å². The molecule has 0 radical (unpaired) electrons. The van der Waals surface area contributed by atoms with Crippen LogP contribution in [0.1, 0.15) is 30.5 Å². The number of nitrogens with one attached hydrogen (secondary N) is 1. The number of methoxy groups -OCH3 is 1. The highest BCUT2D eigenvalue weighted by Crippen LogP contribution is 2.34. The van der Waals surface area contributed by atoms with E-state index in [-0.39, 0.29) is 24.3 Å². The number of ether oxygens (including phenoxy) is 1. The van der Waals surface area contributed by atoms with Gasteiger partial charge in [0, 0.05) is 18.0 Å². The molecule has 0 bridgehead atoms. The molecule has 5 nitrogen and oxygen atoms in total. The van der Waals surface area contributed by atoms with Crippen molar-refractivity contribution in [2.24, 2.45) is 5.92 Å². The van der Waals surface area contributed by atoms with Gasteiger partial charge in [-0.25, -0.2) is 0 Å². The molecule has 142 valence electrons. The molecule has 1 N–H and O–H groups in total. The third-order valence-corrected chi connectivity index (χ3v) is 5.06. The molecule has 6 heteroatoms. The highest BCUT2D eigenvalue weighted by atomic mass is 35.5. The predicted octanol–water partition coefficient (Wildman–Crippen LogP) is 3.89. The zero-order valence-corrected chi connectivity index (χ0v) is 16.4. The van der Waals surface area contributed by atoms with E-state index in [2.05, 4.69) is 5.32 Å². The number of rotatable bonds is 5. The second-order valence-electron chi connectivity index (χ2n) is 6.87. The Kier molecular flexibility index (Phi) is 5.71. The molecule has 0 saturated carbocycles. The number of anilines is 1. The lowest BCUT2D eigenvalue weighted by atomic mass is 10.0. The van der Waals surface area contributed by atoms with E-state index in [0.29, 0.717) is 23.0 Å². The Balaban J connectivity index is 1.72. The molecular weight excluding hydrogens is 364 g/mol. The van der Waals surface area contributed by atoms with Gasteiger partial charge in [0.2, 0.25) is 11.8 Å². The van der Waals surface area contributed by atoms with Crippen molar-refractivity contribution in [3.05, 3.63) is 58.6 Å². The first-order valence-electron chi connectivity index (χ1n) is 8.90. The lowest BCUT2D eigenvalue weighted by Crippen LogP contribution is -2.34. The molecule has 2 unspecified atom stereocenters. The molecule has 1 aliphatic rings. The summed E-state index contributed by atoms with van der Waals surface area (Å²) in [5.74, 6) is 0.0195. The van der Waals surface area contributed by atoms with Crippen LogP contribution in [-0.4, -0.2) is 25.5 Å². The molecule has 1 heterocycles. The molecule has 0 spiro atoms. The fourth-order valence-electron chi connectivity index (χ4n) is 3.32. The predicted molar refractivity (Wildman–Crippen MR) is 106 cm³/mol. The maximum atomic E-state index is 12.7. The third-order valence-electron chi connectivity index (χ3n) is 4.83. The van der Waals surface area contributed by atoms with E-state index < -0.39 is 5.92 Å². The first-order valence-corrected chi connectivity index (χ1v) is 9.27. The molecule has 27 heavy (non-hydrogen) atoms. The Morgan fingerprint density at radius 3 is 2.78 bits per heavy atom. The van der Waals surface area contributed by atoms with Crippen molar-refractivity contribution < 1.29 is 14.3 Å². The molecule has 1 fully saturated rings. The van der Waals surface area contributed by atoms with Gasteiger partial charge in [0.1, 0.15) is 5.75 Å². The Morgan fingerprint density at radius 2 is 2.07 bits per heavy atom. The number of nitrogens with zero attached hydrogens (tertiary/aromatic N) is 1. The summed E-state index contributed by atoms with van der Waals surface area (Å²) < 4.78 is 5.38. The first-order chi connectivity index (χ1) is 12.9. The molecule has 1 saturated heterocycles. The van der Waals surface area contributed by atoms with Crippen molar-refractivity contribution in [2.45, 2.75) is 26.3 Å². The molecule has 2 aromatic rings. The van der Waals surface area contributed by atoms with Gasteiger partial charge in [0.15, 0.2) is 0 Å². The smallest absolute Gasteiger partial charge is 0.227 e. The van der Waals surface area contributed by atoms with Crippen LogP contribution in [0.5, 0.6) is 5.75 Å². The fourth-order valence-corrected chi connectivity index (χ4v) is 3.52. The van der Waals surface area contributed by atoms with Crippen LogP contribution in [0.3, 0.4) is 0 Å². The summed E-state index contributed by atoms with van der Waals surface area (Å²) in [6, 6.07) is 12.9. The van der Waals surface area contributed by atoms with Crippen molar-refractivity contribution in [3.8, 4) is 5.75 Å². The number of carbonyl (C=O) groups is 2. The van der Waals surface area contributed by atoms with Crippen LogP contribution < -0.4 is 15.0 Å². The zero-order valence-electron chi connectivity index (χ0n) is 15.7. The topological polar surface area (TPSA) is 58.6 Å². The van der Waals surface area contributed by atoms with Crippen LogP contribution in [0, 0.1) is 12.8 Å². The lowest BCUT2D eigenvalue weighted by Gasteiger charge is -2.21. The van der Waals surface area contributed by atoms with Crippen molar-refractivity contribution in [3.63, 3.8) is 0 Å². The Bertz CT molecular complexity index is 868. The quantitative estimate of drug-likeness (QED) is 0.848. The standard InChI is InChI=1S/C21H23ClN2O3/c1-13-7-8-19(27-3)18(9-13)24-12-16(11-20(24)25)21(26)23-14(2)15-5-4-6-17(22)10-15/h4-10,14,16H,11-12H2,1-3H3,(H,23,26). The lowest BCUT2D eigenvalue weighted by molar-refractivity contribution is -0.126. The molecule has 2 atom stereocenters. The van der Waals surface area contributed by atoms with Gasteiger partial charge in [-0.15, -0.1) is 0 Å². The molecule has 2 aromatic carbocycles. The van der Waals surface area contributed by atoms with E-state index in [4.69, 9.17) is 16.3 Å². The number of amides is 2. The van der Waals surface area contributed by atoms with Gasteiger partial charge in [0.25, 0.3) is 0 Å². The second-order valence-corrected chi connectivity index (χ2v) is 7.30. The minimum Gasteiger partial charge on any atom is -0.495 e. The SMILES string of the molecule is COc1ccc(C)cc1N1CC(C(=O)NC(C)c2cccc(Cl)c2)CC1=O. The Morgan fingerprint density at radius 1 is 1.30 bits per heavy atom. The number of hydrogen-bond acceptors (Lipinski definition) is 3. The Labute approximate surface area is 164 Å². The maximum Gasteiger partial charge on any atom is 0.227 e. The van der Waals surface area contributed by atoms with Gasteiger partial charge >= 0.3 is 0 Å². The van der Waals surface area contributed by atoms with E-state index in [9.17, 15) is 9.59 Å². The second kappa shape index (κ2) is 8.01. The van der Waals surface area contributed by atoms with Gasteiger partial charge < -0.3 is 15.0 Å². The van der Waals surface area contributed by atoms with Gasteiger partial charge in [-0.1, -0.05) is 29.8 Å². The minimum atomic E-state index is -0.399. The van der Waals surface area contributed by atoms with Crippen molar-refractivity contribution in [1.29, 1.82) is 0 Å². The summed E-state index contributed by atoms with van der Waals surface area (Å²) in [7, 11) is 1.57. The van der Waals surface area contributed by atoms with E-state index in [1.54, 1.807) is 18.1 Å². The van der Waals surface area contributed by atoms with Gasteiger partial charge in [-0.3, -0.25) is 9.59 Å². The van der Waals surface area contributed by atoms with Crippen LogP contribution in [-0.2, 0) is 9.59 Å². The van der Waals surface area contributed by atoms with Crippen LogP contribution in [0.2, 0.25) is 5.02 Å². The van der Waals surface area contributed by atoms with Gasteiger partial charge in [0.05, 0.1) is 24.8 Å². The monoisotopic (exact) mass is 386 g/mol. The molecule has 0 aliphatic carbocycles. The number of carbonyl (C=O) groups excluding carboxylic acids is 2. The molecular formula is C21H23ClN2O3. The van der Waals surface area contributed by atoms with E-state index in [0.717, 1.165) is 11.1 Å². The van der Waals surface area contributed by atoms with Crippen LogP contribution in [0.4, 0.5) is 5.69 Å². The number of aryl methyl sites for hydroxylation is 1. The van der Waals surface area contributed by atoms with Crippen LogP contribution in [0.25, 0.3) is 0 Å². The average molecular weight is 387 g/mol. The van der Waals surface area contributed by atoms with Gasteiger partial charge in [-0.2, -0.15) is 0 Å².